The number of carbonyl (C=O) groups is 1. The first-order valence-corrected chi connectivity index (χ1v) is 7.10. The Kier molecular flexibility index (Phi) is 2.90. The van der Waals surface area contributed by atoms with Gasteiger partial charge >= 0.3 is 0 Å². The van der Waals surface area contributed by atoms with Crippen LogP contribution in [0.15, 0.2) is 18.2 Å². The standard InChI is InChI=1S/C15H14FNOS/c1-8-5-6-9(7-11(8)16)14(18)13-10-3-2-4-12(10)19-15(13)17/h5-7H,2-4,17H2,1H3. The van der Waals surface area contributed by atoms with Crippen LogP contribution in [0.3, 0.4) is 0 Å². The van der Waals surface area contributed by atoms with Crippen LogP contribution in [0.1, 0.15) is 38.3 Å². The van der Waals surface area contributed by atoms with Crippen LogP contribution >= 0.6 is 11.3 Å². The van der Waals surface area contributed by atoms with Gasteiger partial charge in [0.05, 0.1) is 10.6 Å². The number of ketones is 1. The number of halogens is 1. The molecule has 0 unspecified atom stereocenters. The normalized spacial score (nSPS) is 13.6. The molecule has 1 aromatic carbocycles. The number of aryl methyl sites for hydroxylation is 2. The van der Waals surface area contributed by atoms with Gasteiger partial charge in [-0.25, -0.2) is 4.39 Å². The molecule has 2 N–H and O–H groups in total. The predicted octanol–water partition coefficient (Wildman–Crippen LogP) is 3.50. The number of rotatable bonds is 2. The van der Waals surface area contributed by atoms with Crippen molar-refractivity contribution >= 4 is 22.1 Å². The van der Waals surface area contributed by atoms with Gasteiger partial charge in [0.2, 0.25) is 0 Å². The van der Waals surface area contributed by atoms with Crippen LogP contribution in [0.25, 0.3) is 0 Å². The van der Waals surface area contributed by atoms with E-state index in [9.17, 15) is 9.18 Å². The molecule has 1 aromatic heterocycles. The van der Waals surface area contributed by atoms with Gasteiger partial charge in [0, 0.05) is 10.4 Å². The van der Waals surface area contributed by atoms with Gasteiger partial charge in [-0.05, 0) is 43.4 Å². The molecule has 0 atom stereocenters. The first-order chi connectivity index (χ1) is 9.08. The summed E-state index contributed by atoms with van der Waals surface area (Å²) in [5.41, 5.74) is 8.56. The zero-order chi connectivity index (χ0) is 13.6. The van der Waals surface area contributed by atoms with E-state index in [0.29, 0.717) is 21.7 Å². The molecule has 1 aliphatic rings. The van der Waals surface area contributed by atoms with Crippen molar-refractivity contribution in [2.45, 2.75) is 26.2 Å². The highest BCUT2D eigenvalue weighted by atomic mass is 32.1. The van der Waals surface area contributed by atoms with E-state index in [1.807, 2.05) is 0 Å². The zero-order valence-electron chi connectivity index (χ0n) is 10.6. The van der Waals surface area contributed by atoms with Gasteiger partial charge in [0.1, 0.15) is 5.82 Å². The molecule has 1 aliphatic carbocycles. The van der Waals surface area contributed by atoms with Crippen LogP contribution in [-0.2, 0) is 12.8 Å². The molecule has 0 aliphatic heterocycles. The van der Waals surface area contributed by atoms with Crippen LogP contribution in [0.5, 0.6) is 0 Å². The average Bonchev–Trinajstić information content (AvgIpc) is 2.91. The minimum absolute atomic E-state index is 0.157. The van der Waals surface area contributed by atoms with Gasteiger partial charge in [-0.15, -0.1) is 11.3 Å². The Morgan fingerprint density at radius 1 is 1.37 bits per heavy atom. The number of hydrogen-bond acceptors (Lipinski definition) is 3. The molecule has 4 heteroatoms. The molecule has 2 nitrogen and oxygen atoms in total. The van der Waals surface area contributed by atoms with Crippen LogP contribution < -0.4 is 5.73 Å². The lowest BCUT2D eigenvalue weighted by Gasteiger charge is -2.05. The van der Waals surface area contributed by atoms with E-state index >= 15 is 0 Å². The van der Waals surface area contributed by atoms with E-state index in [4.69, 9.17) is 5.73 Å². The third kappa shape index (κ3) is 1.96. The summed E-state index contributed by atoms with van der Waals surface area (Å²) in [6.07, 6.45) is 2.97. The van der Waals surface area contributed by atoms with Crippen molar-refractivity contribution in [3.05, 3.63) is 51.1 Å². The number of hydrogen-bond donors (Lipinski definition) is 1. The zero-order valence-corrected chi connectivity index (χ0v) is 11.4. The van der Waals surface area contributed by atoms with Crippen molar-refractivity contribution in [1.29, 1.82) is 0 Å². The molecule has 0 spiro atoms. The summed E-state index contributed by atoms with van der Waals surface area (Å²) in [5, 5.41) is 0.565. The van der Waals surface area contributed by atoms with Crippen molar-refractivity contribution in [2.24, 2.45) is 0 Å². The molecule has 0 radical (unpaired) electrons. The second kappa shape index (κ2) is 4.46. The molecular weight excluding hydrogens is 261 g/mol. The van der Waals surface area contributed by atoms with E-state index in [2.05, 4.69) is 0 Å². The average molecular weight is 275 g/mol. The van der Waals surface area contributed by atoms with Crippen molar-refractivity contribution in [3.63, 3.8) is 0 Å². The second-order valence-electron chi connectivity index (χ2n) is 4.89. The summed E-state index contributed by atoms with van der Waals surface area (Å²) >= 11 is 1.50. The SMILES string of the molecule is Cc1ccc(C(=O)c2c(N)sc3c2CCC3)cc1F. The number of carbonyl (C=O) groups excluding carboxylic acids is 1. The van der Waals surface area contributed by atoms with Crippen LogP contribution in [0, 0.1) is 12.7 Å². The van der Waals surface area contributed by atoms with Gasteiger partial charge in [-0.1, -0.05) is 12.1 Å². The second-order valence-corrected chi connectivity index (χ2v) is 6.03. The quantitative estimate of drug-likeness (QED) is 0.852. The van der Waals surface area contributed by atoms with Gasteiger partial charge in [-0.2, -0.15) is 0 Å². The Balaban J connectivity index is 2.07. The molecule has 0 saturated carbocycles. The Labute approximate surface area is 115 Å². The van der Waals surface area contributed by atoms with Gasteiger partial charge in [-0.3, -0.25) is 4.79 Å². The largest absolute Gasteiger partial charge is 0.390 e. The summed E-state index contributed by atoms with van der Waals surface area (Å²) in [6.45, 7) is 1.68. The van der Waals surface area contributed by atoms with Gasteiger partial charge in [0.25, 0.3) is 0 Å². The molecule has 2 aromatic rings. The maximum Gasteiger partial charge on any atom is 0.196 e. The predicted molar refractivity (Wildman–Crippen MR) is 75.3 cm³/mol. The lowest BCUT2D eigenvalue weighted by molar-refractivity contribution is 0.103. The summed E-state index contributed by atoms with van der Waals surface area (Å²) in [6, 6.07) is 4.60. The Bertz CT molecular complexity index is 675. The molecule has 3 rings (SSSR count). The minimum Gasteiger partial charge on any atom is -0.390 e. The fourth-order valence-electron chi connectivity index (χ4n) is 2.55. The summed E-state index contributed by atoms with van der Waals surface area (Å²) in [5.74, 6) is -0.507. The number of fused-ring (bicyclic) bond motifs is 1. The molecule has 1 heterocycles. The molecule has 0 fully saturated rings. The molecule has 19 heavy (non-hydrogen) atoms. The summed E-state index contributed by atoms with van der Waals surface area (Å²) in [7, 11) is 0. The fourth-order valence-corrected chi connectivity index (χ4v) is 3.71. The first-order valence-electron chi connectivity index (χ1n) is 6.29. The lowest BCUT2D eigenvalue weighted by atomic mass is 9.99. The van der Waals surface area contributed by atoms with E-state index < -0.39 is 0 Å². The summed E-state index contributed by atoms with van der Waals surface area (Å²) in [4.78, 5) is 13.7. The maximum absolute atomic E-state index is 13.6. The highest BCUT2D eigenvalue weighted by Gasteiger charge is 2.26. The lowest BCUT2D eigenvalue weighted by Crippen LogP contribution is -2.06. The third-order valence-corrected chi connectivity index (χ3v) is 4.73. The highest BCUT2D eigenvalue weighted by Crippen LogP contribution is 2.38. The molecule has 0 saturated heterocycles. The number of anilines is 1. The van der Waals surface area contributed by atoms with E-state index in [0.717, 1.165) is 24.8 Å². The molecule has 0 amide bonds. The molecule has 0 bridgehead atoms. The number of nitrogens with two attached hydrogens (primary N) is 1. The smallest absolute Gasteiger partial charge is 0.196 e. The Morgan fingerprint density at radius 3 is 2.89 bits per heavy atom. The first kappa shape index (κ1) is 12.4. The van der Waals surface area contributed by atoms with Crippen LogP contribution in [-0.4, -0.2) is 5.78 Å². The Hall–Kier alpha value is -1.68. The van der Waals surface area contributed by atoms with Gasteiger partial charge < -0.3 is 5.73 Å². The van der Waals surface area contributed by atoms with E-state index in [1.165, 1.54) is 22.3 Å². The molecule has 98 valence electrons. The van der Waals surface area contributed by atoms with Crippen LogP contribution in [0.2, 0.25) is 0 Å². The van der Waals surface area contributed by atoms with Crippen molar-refractivity contribution in [1.82, 2.24) is 0 Å². The van der Waals surface area contributed by atoms with Crippen molar-refractivity contribution in [3.8, 4) is 0 Å². The van der Waals surface area contributed by atoms with E-state index in [-0.39, 0.29) is 11.6 Å². The van der Waals surface area contributed by atoms with Crippen LogP contribution in [0.4, 0.5) is 9.39 Å². The highest BCUT2D eigenvalue weighted by molar-refractivity contribution is 7.16. The van der Waals surface area contributed by atoms with Crippen molar-refractivity contribution in [2.75, 3.05) is 5.73 Å². The number of benzene rings is 1. The third-order valence-electron chi connectivity index (χ3n) is 3.61. The fraction of sp³-hybridized carbons (Fsp3) is 0.267. The topological polar surface area (TPSA) is 43.1 Å². The van der Waals surface area contributed by atoms with Crippen molar-refractivity contribution < 1.29 is 9.18 Å². The maximum atomic E-state index is 13.6. The Morgan fingerprint density at radius 2 is 2.16 bits per heavy atom. The monoisotopic (exact) mass is 275 g/mol. The summed E-state index contributed by atoms with van der Waals surface area (Å²) < 4.78 is 13.6. The van der Waals surface area contributed by atoms with Gasteiger partial charge in [0.15, 0.2) is 5.78 Å². The number of thiophene rings is 1. The number of nitrogen functional groups attached to an aromatic ring is 1. The van der Waals surface area contributed by atoms with E-state index in [1.54, 1.807) is 19.1 Å². The minimum atomic E-state index is -0.351. The molecular formula is C15H14FNOS.